The van der Waals surface area contributed by atoms with Gasteiger partial charge in [0, 0.05) is 17.2 Å². The zero-order valence-electron chi connectivity index (χ0n) is 12.1. The summed E-state index contributed by atoms with van der Waals surface area (Å²) in [5.41, 5.74) is 0.699. The van der Waals surface area contributed by atoms with Gasteiger partial charge in [0.15, 0.2) is 0 Å². The molecule has 1 atom stereocenters. The molecule has 0 spiro atoms. The molecule has 0 aliphatic heterocycles. The average molecular weight is 307 g/mol. The molecule has 7 heteroatoms. The van der Waals surface area contributed by atoms with Crippen LogP contribution in [-0.4, -0.2) is 9.91 Å². The topological polar surface area (TPSA) is 68.1 Å². The van der Waals surface area contributed by atoms with Crippen molar-refractivity contribution in [1.29, 1.82) is 0 Å². The van der Waals surface area contributed by atoms with E-state index in [0.717, 1.165) is 12.3 Å². The van der Waals surface area contributed by atoms with Crippen molar-refractivity contribution in [2.24, 2.45) is 0 Å². The first-order valence-electron chi connectivity index (χ1n) is 6.75. The van der Waals surface area contributed by atoms with Crippen LogP contribution in [0.4, 0.5) is 20.3 Å². The highest BCUT2D eigenvalue weighted by atomic mass is 19.1. The Labute approximate surface area is 126 Å². The van der Waals surface area contributed by atoms with Gasteiger partial charge in [-0.3, -0.25) is 10.1 Å². The number of pyridine rings is 1. The zero-order valence-corrected chi connectivity index (χ0v) is 12.1. The molecule has 116 valence electrons. The smallest absolute Gasteiger partial charge is 0.290 e. The Kier molecular flexibility index (Phi) is 4.65. The number of anilines is 1. The van der Waals surface area contributed by atoms with Crippen molar-refractivity contribution in [3.05, 3.63) is 63.3 Å². The standard InChI is InChI=1S/C15H15F2N3O2/c1-3-13(11-5-4-10(16)7-12(11)17)19-15-6-9(2)14(8-18-15)20(21)22/h4-8,13H,3H2,1-2H3,(H,18,19). The molecule has 1 unspecified atom stereocenters. The maximum Gasteiger partial charge on any atom is 0.290 e. The minimum Gasteiger partial charge on any atom is -0.363 e. The van der Waals surface area contributed by atoms with Crippen molar-refractivity contribution in [2.75, 3.05) is 5.32 Å². The van der Waals surface area contributed by atoms with Gasteiger partial charge >= 0.3 is 0 Å². The van der Waals surface area contributed by atoms with Gasteiger partial charge in [0.25, 0.3) is 5.69 Å². The molecule has 5 nitrogen and oxygen atoms in total. The van der Waals surface area contributed by atoms with Crippen molar-refractivity contribution >= 4 is 11.5 Å². The lowest BCUT2D eigenvalue weighted by atomic mass is 10.0. The molecule has 0 saturated heterocycles. The fourth-order valence-electron chi connectivity index (χ4n) is 2.18. The second kappa shape index (κ2) is 6.46. The summed E-state index contributed by atoms with van der Waals surface area (Å²) in [6.45, 7) is 3.45. The molecule has 0 amide bonds. The van der Waals surface area contributed by atoms with E-state index in [9.17, 15) is 18.9 Å². The van der Waals surface area contributed by atoms with Crippen LogP contribution in [0.15, 0.2) is 30.5 Å². The Bertz CT molecular complexity index is 707. The SMILES string of the molecule is CCC(Nc1cc(C)c([N+](=O)[O-])cn1)c1ccc(F)cc1F. The fraction of sp³-hybridized carbons (Fsp3) is 0.267. The second-order valence-electron chi connectivity index (χ2n) is 4.88. The summed E-state index contributed by atoms with van der Waals surface area (Å²) < 4.78 is 26.8. The molecule has 1 aromatic carbocycles. The number of benzene rings is 1. The van der Waals surface area contributed by atoms with Crippen LogP contribution in [-0.2, 0) is 0 Å². The van der Waals surface area contributed by atoms with Gasteiger partial charge in [-0.15, -0.1) is 0 Å². The third-order valence-corrected chi connectivity index (χ3v) is 3.35. The first kappa shape index (κ1) is 15.8. The van der Waals surface area contributed by atoms with E-state index in [-0.39, 0.29) is 5.69 Å². The first-order valence-corrected chi connectivity index (χ1v) is 6.75. The third kappa shape index (κ3) is 3.36. The lowest BCUT2D eigenvalue weighted by molar-refractivity contribution is -0.385. The van der Waals surface area contributed by atoms with Crippen LogP contribution in [0.1, 0.15) is 30.5 Å². The van der Waals surface area contributed by atoms with Crippen LogP contribution in [0.5, 0.6) is 0 Å². The van der Waals surface area contributed by atoms with Crippen molar-refractivity contribution in [3.63, 3.8) is 0 Å². The van der Waals surface area contributed by atoms with E-state index >= 15 is 0 Å². The van der Waals surface area contributed by atoms with Crippen LogP contribution in [0, 0.1) is 28.7 Å². The van der Waals surface area contributed by atoms with Gasteiger partial charge in [0.05, 0.1) is 11.0 Å². The summed E-state index contributed by atoms with van der Waals surface area (Å²) >= 11 is 0. The summed E-state index contributed by atoms with van der Waals surface area (Å²) in [5.74, 6) is -0.878. The number of aromatic nitrogens is 1. The van der Waals surface area contributed by atoms with Gasteiger partial charge in [-0.25, -0.2) is 13.8 Å². The third-order valence-electron chi connectivity index (χ3n) is 3.35. The molecule has 2 rings (SSSR count). The lowest BCUT2D eigenvalue weighted by Crippen LogP contribution is -2.13. The highest BCUT2D eigenvalue weighted by Gasteiger charge is 2.17. The van der Waals surface area contributed by atoms with Gasteiger partial charge < -0.3 is 5.32 Å². The summed E-state index contributed by atoms with van der Waals surface area (Å²) in [5, 5.41) is 13.8. The Morgan fingerprint density at radius 1 is 1.36 bits per heavy atom. The van der Waals surface area contributed by atoms with E-state index in [1.54, 1.807) is 6.92 Å². The van der Waals surface area contributed by atoms with Gasteiger partial charge in [0.1, 0.15) is 23.6 Å². The Morgan fingerprint density at radius 3 is 2.64 bits per heavy atom. The molecule has 0 aliphatic rings. The van der Waals surface area contributed by atoms with E-state index in [1.165, 1.54) is 18.2 Å². The quantitative estimate of drug-likeness (QED) is 0.666. The van der Waals surface area contributed by atoms with E-state index in [4.69, 9.17) is 0 Å². The van der Waals surface area contributed by atoms with Crippen molar-refractivity contribution < 1.29 is 13.7 Å². The van der Waals surface area contributed by atoms with Gasteiger partial charge in [0.2, 0.25) is 0 Å². The molecule has 22 heavy (non-hydrogen) atoms. The van der Waals surface area contributed by atoms with Gasteiger partial charge in [-0.2, -0.15) is 0 Å². The van der Waals surface area contributed by atoms with Crippen molar-refractivity contribution in [3.8, 4) is 0 Å². The van der Waals surface area contributed by atoms with Crippen LogP contribution < -0.4 is 5.32 Å². The fourth-order valence-corrected chi connectivity index (χ4v) is 2.18. The monoisotopic (exact) mass is 307 g/mol. The number of nitrogens with zero attached hydrogens (tertiary/aromatic N) is 2. The minimum absolute atomic E-state index is 0.0773. The van der Waals surface area contributed by atoms with Crippen LogP contribution in [0.25, 0.3) is 0 Å². The molecule has 0 bridgehead atoms. The number of halogens is 2. The summed E-state index contributed by atoms with van der Waals surface area (Å²) in [4.78, 5) is 14.2. The molecule has 1 aromatic heterocycles. The summed E-state index contributed by atoms with van der Waals surface area (Å²) in [7, 11) is 0. The highest BCUT2D eigenvalue weighted by Crippen LogP contribution is 2.26. The number of aryl methyl sites for hydroxylation is 1. The van der Waals surface area contributed by atoms with Crippen molar-refractivity contribution in [1.82, 2.24) is 4.98 Å². The van der Waals surface area contributed by atoms with Crippen LogP contribution in [0.2, 0.25) is 0 Å². The molecular formula is C15H15F2N3O2. The molecular weight excluding hydrogens is 292 g/mol. The lowest BCUT2D eigenvalue weighted by Gasteiger charge is -2.19. The molecule has 0 aliphatic carbocycles. The number of hydrogen-bond acceptors (Lipinski definition) is 4. The normalized spacial score (nSPS) is 12.0. The summed E-state index contributed by atoms with van der Waals surface area (Å²) in [6.07, 6.45) is 1.70. The zero-order chi connectivity index (χ0) is 16.3. The van der Waals surface area contributed by atoms with E-state index < -0.39 is 22.6 Å². The average Bonchev–Trinajstić information content (AvgIpc) is 2.45. The first-order chi connectivity index (χ1) is 10.4. The van der Waals surface area contributed by atoms with Crippen LogP contribution in [0.3, 0.4) is 0 Å². The summed E-state index contributed by atoms with van der Waals surface area (Å²) in [6, 6.07) is 4.52. The number of nitro groups is 1. The Morgan fingerprint density at radius 2 is 2.09 bits per heavy atom. The molecule has 1 N–H and O–H groups in total. The Balaban J connectivity index is 2.27. The van der Waals surface area contributed by atoms with Crippen LogP contribution >= 0.6 is 0 Å². The van der Waals surface area contributed by atoms with Crippen molar-refractivity contribution in [2.45, 2.75) is 26.3 Å². The predicted molar refractivity (Wildman–Crippen MR) is 78.6 cm³/mol. The van der Waals surface area contributed by atoms with E-state index in [2.05, 4.69) is 10.3 Å². The Hall–Kier alpha value is -2.57. The maximum atomic E-state index is 13.8. The van der Waals surface area contributed by atoms with Gasteiger partial charge in [-0.1, -0.05) is 13.0 Å². The highest BCUT2D eigenvalue weighted by molar-refractivity contribution is 5.48. The van der Waals surface area contributed by atoms with E-state index in [0.29, 0.717) is 23.4 Å². The van der Waals surface area contributed by atoms with E-state index in [1.807, 2.05) is 6.92 Å². The minimum atomic E-state index is -0.641. The molecule has 1 heterocycles. The number of rotatable bonds is 5. The molecule has 0 saturated carbocycles. The van der Waals surface area contributed by atoms with Gasteiger partial charge in [-0.05, 0) is 25.5 Å². The second-order valence-corrected chi connectivity index (χ2v) is 4.88. The number of hydrogen-bond donors (Lipinski definition) is 1. The molecule has 0 fully saturated rings. The predicted octanol–water partition coefficient (Wildman–Crippen LogP) is 4.14. The molecule has 0 radical (unpaired) electrons. The number of nitrogens with one attached hydrogen (secondary N) is 1. The maximum absolute atomic E-state index is 13.8. The largest absolute Gasteiger partial charge is 0.363 e. The molecule has 2 aromatic rings.